The predicted octanol–water partition coefficient (Wildman–Crippen LogP) is 7.60. The van der Waals surface area contributed by atoms with Crippen LogP contribution < -0.4 is 0 Å². The van der Waals surface area contributed by atoms with Crippen molar-refractivity contribution in [3.63, 3.8) is 0 Å². The smallest absolute Gasteiger partial charge is 0.189 e. The van der Waals surface area contributed by atoms with E-state index in [2.05, 4.69) is 0 Å². The van der Waals surface area contributed by atoms with Gasteiger partial charge in [-0.2, -0.15) is 0 Å². The molecule has 0 saturated carbocycles. The third kappa shape index (κ3) is 7.08. The molecule has 0 heterocycles. The minimum atomic E-state index is 0.181. The molecule has 3 nitrogen and oxygen atoms in total. The fraction of sp³-hybridized carbons (Fsp3) is 0.147. The van der Waals surface area contributed by atoms with Gasteiger partial charge in [-0.3, -0.25) is 14.4 Å². The van der Waals surface area contributed by atoms with Crippen molar-refractivity contribution in [2.24, 2.45) is 0 Å². The van der Waals surface area contributed by atoms with Gasteiger partial charge in [0.2, 0.25) is 0 Å². The summed E-state index contributed by atoms with van der Waals surface area (Å²) in [6.07, 6.45) is 7.47. The molecule has 184 valence electrons. The van der Waals surface area contributed by atoms with Gasteiger partial charge in [-0.15, -0.1) is 0 Å². The van der Waals surface area contributed by atoms with E-state index in [1.165, 1.54) is 11.1 Å². The largest absolute Gasteiger partial charge is 0.298 e. The third-order valence-corrected chi connectivity index (χ3v) is 6.46. The molecule has 0 radical (unpaired) electrons. The zero-order valence-electron chi connectivity index (χ0n) is 20.8. The number of aryl methyl sites for hydroxylation is 2. The highest BCUT2D eigenvalue weighted by molar-refractivity contribution is 6.13. The molecular weight excluding hydrogens is 456 g/mol. The molecule has 37 heavy (non-hydrogen) atoms. The number of carbonyl (C=O) groups excluding carboxylic acids is 3. The Balaban J connectivity index is 0.000000143. The molecule has 0 unspecified atom stereocenters. The second kappa shape index (κ2) is 13.1. The fourth-order valence-electron chi connectivity index (χ4n) is 4.52. The number of fused-ring (bicyclic) bond motifs is 2. The van der Waals surface area contributed by atoms with Crippen molar-refractivity contribution in [1.82, 2.24) is 0 Å². The van der Waals surface area contributed by atoms with Gasteiger partial charge in [-0.1, -0.05) is 109 Å². The molecule has 2 aliphatic rings. The molecule has 0 atom stereocenters. The summed E-state index contributed by atoms with van der Waals surface area (Å²) in [7, 11) is 0. The van der Waals surface area contributed by atoms with Crippen LogP contribution >= 0.6 is 0 Å². The first-order chi connectivity index (χ1) is 18.2. The number of hydrogen-bond donors (Lipinski definition) is 0. The van der Waals surface area contributed by atoms with E-state index in [0.29, 0.717) is 5.78 Å². The normalized spacial score (nSPS) is 14.8. The average molecular weight is 487 g/mol. The molecule has 0 amide bonds. The van der Waals surface area contributed by atoms with Gasteiger partial charge in [0.25, 0.3) is 0 Å². The summed E-state index contributed by atoms with van der Waals surface area (Å²) in [5.41, 5.74) is 6.95. The number of benzene rings is 4. The van der Waals surface area contributed by atoms with E-state index in [4.69, 9.17) is 0 Å². The van der Waals surface area contributed by atoms with E-state index < -0.39 is 0 Å². The van der Waals surface area contributed by atoms with Crippen molar-refractivity contribution in [2.75, 3.05) is 0 Å². The minimum Gasteiger partial charge on any atom is -0.298 e. The monoisotopic (exact) mass is 486 g/mol. The standard InChI is InChI=1S/C17H14O.C10H10O.C7H6O/c18-17-15(12-13-6-2-1-3-7-13)11-10-14-8-4-5-9-16(14)17;11-10-7-3-5-8-4-1-2-6-9(8)10;8-6-7-4-2-1-3-5-7/h1-9,12H,10-11H2;1-2,4,6H,3,5,7H2;1-6H/b15-12+;;. The summed E-state index contributed by atoms with van der Waals surface area (Å²) in [5.74, 6) is 0.493. The summed E-state index contributed by atoms with van der Waals surface area (Å²) >= 11 is 0. The molecule has 0 bridgehead atoms. The Morgan fingerprint density at radius 2 is 1.05 bits per heavy atom. The first-order valence-electron chi connectivity index (χ1n) is 12.7. The number of rotatable bonds is 2. The topological polar surface area (TPSA) is 51.2 Å². The van der Waals surface area contributed by atoms with Crippen LogP contribution in [0.5, 0.6) is 0 Å². The molecule has 0 aliphatic heterocycles. The number of hydrogen-bond acceptors (Lipinski definition) is 3. The number of carbonyl (C=O) groups is 3. The molecule has 4 aromatic rings. The van der Waals surface area contributed by atoms with Crippen molar-refractivity contribution < 1.29 is 14.4 Å². The lowest BCUT2D eigenvalue weighted by atomic mass is 9.86. The third-order valence-electron chi connectivity index (χ3n) is 6.46. The van der Waals surface area contributed by atoms with E-state index >= 15 is 0 Å². The van der Waals surface area contributed by atoms with Crippen LogP contribution in [0.3, 0.4) is 0 Å². The Labute approximate surface area is 218 Å². The van der Waals surface area contributed by atoms with Crippen LogP contribution in [0.1, 0.15) is 67.0 Å². The van der Waals surface area contributed by atoms with E-state index in [1.807, 2.05) is 103 Å². The van der Waals surface area contributed by atoms with Crippen molar-refractivity contribution in [3.05, 3.63) is 148 Å². The van der Waals surface area contributed by atoms with E-state index in [-0.39, 0.29) is 5.78 Å². The lowest BCUT2D eigenvalue weighted by molar-refractivity contribution is 0.0971. The Morgan fingerprint density at radius 1 is 0.514 bits per heavy atom. The van der Waals surface area contributed by atoms with Crippen molar-refractivity contribution in [2.45, 2.75) is 32.1 Å². The van der Waals surface area contributed by atoms with E-state index in [9.17, 15) is 14.4 Å². The Hall–Kier alpha value is -4.37. The van der Waals surface area contributed by atoms with Gasteiger partial charge < -0.3 is 0 Å². The maximum Gasteiger partial charge on any atom is 0.189 e. The second-order valence-electron chi connectivity index (χ2n) is 9.03. The fourth-order valence-corrected chi connectivity index (χ4v) is 4.52. The summed E-state index contributed by atoms with van der Waals surface area (Å²) in [4.78, 5) is 33.6. The quantitative estimate of drug-likeness (QED) is 0.216. The Morgan fingerprint density at radius 3 is 1.65 bits per heavy atom. The van der Waals surface area contributed by atoms with Crippen LogP contribution in [0, 0.1) is 0 Å². The van der Waals surface area contributed by atoms with Crippen LogP contribution in [0.15, 0.2) is 115 Å². The van der Waals surface area contributed by atoms with Gasteiger partial charge in [0.1, 0.15) is 6.29 Å². The molecule has 3 heteroatoms. The molecule has 0 N–H and O–H groups in total. The SMILES string of the molecule is O=C1/C(=C/c2ccccc2)CCc2ccccc21.O=C1CCCc2ccccc21.O=Cc1ccccc1. The molecule has 4 aromatic carbocycles. The van der Waals surface area contributed by atoms with Crippen LogP contribution in [-0.4, -0.2) is 17.9 Å². The van der Waals surface area contributed by atoms with Gasteiger partial charge in [0.15, 0.2) is 11.6 Å². The maximum atomic E-state index is 12.4. The number of Topliss-reactive ketones (excluding diaryl/α,β-unsaturated/α-hetero) is 2. The van der Waals surface area contributed by atoms with Gasteiger partial charge >= 0.3 is 0 Å². The number of allylic oxidation sites excluding steroid dienone is 1. The Bertz CT molecular complexity index is 1390. The molecule has 0 aromatic heterocycles. The van der Waals surface area contributed by atoms with Crippen LogP contribution in [0.25, 0.3) is 6.08 Å². The average Bonchev–Trinajstić information content (AvgIpc) is 2.97. The van der Waals surface area contributed by atoms with Gasteiger partial charge in [0, 0.05) is 28.7 Å². The lowest BCUT2D eigenvalue weighted by Gasteiger charge is -2.17. The first-order valence-corrected chi connectivity index (χ1v) is 12.7. The van der Waals surface area contributed by atoms with Gasteiger partial charge in [0.05, 0.1) is 0 Å². The van der Waals surface area contributed by atoms with Crippen LogP contribution in [-0.2, 0) is 12.8 Å². The van der Waals surface area contributed by atoms with E-state index in [0.717, 1.165) is 66.2 Å². The second-order valence-corrected chi connectivity index (χ2v) is 9.03. The zero-order chi connectivity index (χ0) is 25.9. The first kappa shape index (κ1) is 25.7. The van der Waals surface area contributed by atoms with Gasteiger partial charge in [-0.05, 0) is 48.4 Å². The highest BCUT2D eigenvalue weighted by atomic mass is 16.1. The molecule has 2 aliphatic carbocycles. The van der Waals surface area contributed by atoms with Crippen molar-refractivity contribution in [3.8, 4) is 0 Å². The highest BCUT2D eigenvalue weighted by Crippen LogP contribution is 2.26. The Kier molecular flexibility index (Phi) is 9.09. The molecule has 6 rings (SSSR count). The minimum absolute atomic E-state index is 0.181. The molecule has 0 saturated heterocycles. The van der Waals surface area contributed by atoms with Gasteiger partial charge in [-0.25, -0.2) is 0 Å². The molecule has 0 fully saturated rings. The zero-order valence-corrected chi connectivity index (χ0v) is 20.8. The highest BCUT2D eigenvalue weighted by Gasteiger charge is 2.21. The van der Waals surface area contributed by atoms with E-state index in [1.54, 1.807) is 12.1 Å². The summed E-state index contributed by atoms with van der Waals surface area (Å²) in [5, 5.41) is 0. The number of aldehydes is 1. The van der Waals surface area contributed by atoms with Crippen LogP contribution in [0.4, 0.5) is 0 Å². The maximum absolute atomic E-state index is 12.4. The predicted molar refractivity (Wildman–Crippen MR) is 149 cm³/mol. The molecular formula is C34H30O3. The van der Waals surface area contributed by atoms with Crippen molar-refractivity contribution >= 4 is 23.9 Å². The lowest BCUT2D eigenvalue weighted by Crippen LogP contribution is -2.13. The summed E-state index contributed by atoms with van der Waals surface area (Å²) < 4.78 is 0. The van der Waals surface area contributed by atoms with Crippen LogP contribution in [0.2, 0.25) is 0 Å². The van der Waals surface area contributed by atoms with Crippen molar-refractivity contribution in [1.29, 1.82) is 0 Å². The summed E-state index contributed by atoms with van der Waals surface area (Å²) in [6.45, 7) is 0. The molecule has 0 spiro atoms. The number of ketones is 2. The summed E-state index contributed by atoms with van der Waals surface area (Å²) in [6, 6.07) is 34.9.